The fourth-order valence-corrected chi connectivity index (χ4v) is 4.98. The van der Waals surface area contributed by atoms with Crippen molar-refractivity contribution >= 4 is 40.0 Å². The number of ether oxygens (including phenoxy) is 2. The van der Waals surface area contributed by atoms with Crippen LogP contribution in [0.3, 0.4) is 0 Å². The molecule has 3 aromatic rings. The molecule has 0 radical (unpaired) electrons. The average molecular weight is 636 g/mol. The number of alkyl halides is 3. The van der Waals surface area contributed by atoms with E-state index < -0.39 is 28.5 Å². The van der Waals surface area contributed by atoms with Crippen molar-refractivity contribution in [1.82, 2.24) is 20.2 Å². The summed E-state index contributed by atoms with van der Waals surface area (Å²) in [6.45, 7) is 6.00. The Morgan fingerprint density at radius 3 is 2.61 bits per heavy atom. The number of morpholine rings is 1. The van der Waals surface area contributed by atoms with Gasteiger partial charge in [0.2, 0.25) is 5.95 Å². The molecule has 0 saturated carbocycles. The number of halogens is 3. The Kier molecular flexibility index (Phi) is 11.0. The van der Waals surface area contributed by atoms with E-state index in [1.54, 1.807) is 29.6 Å². The number of hydrogen-bond donors (Lipinski definition) is 3. The maximum Gasteiger partial charge on any atom is 0.421 e. The topological polar surface area (TPSA) is 121 Å². The second-order valence-corrected chi connectivity index (χ2v) is 11.5. The molecule has 2 heterocycles. The van der Waals surface area contributed by atoms with Crippen molar-refractivity contribution in [1.29, 1.82) is 0 Å². The summed E-state index contributed by atoms with van der Waals surface area (Å²) in [5, 5.41) is 8.56. The molecule has 1 fully saturated rings. The average Bonchev–Trinajstić information content (AvgIpc) is 3.00. The summed E-state index contributed by atoms with van der Waals surface area (Å²) in [5.41, 5.74) is 1.84. The van der Waals surface area contributed by atoms with E-state index >= 15 is 0 Å². The van der Waals surface area contributed by atoms with Crippen molar-refractivity contribution in [2.75, 3.05) is 74.7 Å². The first kappa shape index (κ1) is 33.0. The number of nitrogens with one attached hydrogen (secondary N) is 3. The van der Waals surface area contributed by atoms with Crippen LogP contribution in [-0.4, -0.2) is 84.8 Å². The first-order valence-corrected chi connectivity index (χ1v) is 15.4. The number of benzene rings is 2. The number of nitrogens with zero attached hydrogens (tertiary/aromatic N) is 4. The third-order valence-corrected chi connectivity index (χ3v) is 8.00. The molecule has 3 N–H and O–H groups in total. The number of methoxy groups -OCH3 is 1. The second kappa shape index (κ2) is 14.7. The zero-order chi connectivity index (χ0) is 31.9. The van der Waals surface area contributed by atoms with Gasteiger partial charge in [0.15, 0.2) is 0 Å². The van der Waals surface area contributed by atoms with Crippen LogP contribution in [0.15, 0.2) is 42.6 Å². The van der Waals surface area contributed by atoms with Crippen LogP contribution in [0.4, 0.5) is 36.3 Å². The van der Waals surface area contributed by atoms with Gasteiger partial charge in [-0.15, -0.1) is 0 Å². The van der Waals surface area contributed by atoms with Crippen molar-refractivity contribution < 1.29 is 31.6 Å². The maximum atomic E-state index is 13.9. The normalized spacial score (nSPS) is 14.5. The summed E-state index contributed by atoms with van der Waals surface area (Å²) in [6, 6.07) is 10.1. The van der Waals surface area contributed by atoms with E-state index in [0.717, 1.165) is 18.7 Å². The van der Waals surface area contributed by atoms with Gasteiger partial charge in [-0.25, -0.2) is 9.19 Å². The molecule has 1 atom stereocenters. The fraction of sp³-hybridized carbons (Fsp3) is 0.414. The Morgan fingerprint density at radius 2 is 1.93 bits per heavy atom. The van der Waals surface area contributed by atoms with Gasteiger partial charge in [-0.2, -0.15) is 18.2 Å². The molecule has 1 aliphatic heterocycles. The third-order valence-electron chi connectivity index (χ3n) is 7.03. The molecule has 238 valence electrons. The Hall–Kier alpha value is -3.95. The highest BCUT2D eigenvalue weighted by atomic mass is 32.2. The Bertz CT molecular complexity index is 1490. The number of aryl methyl sites for hydroxylation is 1. The van der Waals surface area contributed by atoms with Gasteiger partial charge in [0.05, 0.1) is 31.7 Å². The van der Waals surface area contributed by atoms with Crippen molar-refractivity contribution in [3.8, 4) is 5.75 Å². The van der Waals surface area contributed by atoms with Crippen molar-refractivity contribution in [3.05, 3.63) is 64.8 Å². The molecular weight excluding hydrogens is 599 g/mol. The number of aromatic nitrogens is 2. The summed E-state index contributed by atoms with van der Waals surface area (Å²) in [4.78, 5) is 22.9. The Labute approximate surface area is 256 Å². The molecule has 11 nitrogen and oxygen atoms in total. The Balaban J connectivity index is 1.50. The predicted octanol–water partition coefficient (Wildman–Crippen LogP) is 3.96. The van der Waals surface area contributed by atoms with Gasteiger partial charge in [-0.05, 0) is 42.3 Å². The SMILES string of the molecule is COc1cc(C(=O)NCCN2CCOCC2)ccc1Nc1ncc(C(F)(F)F)c(NCc2ccc(C)cc2N(C)S(C)=O)n1. The lowest BCUT2D eigenvalue weighted by molar-refractivity contribution is -0.137. The lowest BCUT2D eigenvalue weighted by atomic mass is 10.1. The van der Waals surface area contributed by atoms with Crippen LogP contribution in [0.5, 0.6) is 5.75 Å². The summed E-state index contributed by atoms with van der Waals surface area (Å²) in [6.07, 6.45) is -2.50. The summed E-state index contributed by atoms with van der Waals surface area (Å²) >= 11 is 0. The highest BCUT2D eigenvalue weighted by molar-refractivity contribution is 7.85. The van der Waals surface area contributed by atoms with Crippen molar-refractivity contribution in [2.24, 2.45) is 0 Å². The minimum Gasteiger partial charge on any atom is -0.495 e. The standard InChI is InChI=1S/C29H36F3N7O4S/c1-19-5-6-21(24(15-19)38(2)44(4)41)17-34-26-22(29(30,31)32)18-35-28(37-26)36-23-8-7-20(16-25(23)42-3)27(40)33-9-10-39-11-13-43-14-12-39/h5-8,15-16,18H,9-14,17H2,1-4H3,(H,33,40)(H2,34,35,36,37). The van der Waals surface area contributed by atoms with Crippen LogP contribution in [0.1, 0.15) is 27.0 Å². The van der Waals surface area contributed by atoms with Gasteiger partial charge in [-0.3, -0.25) is 14.0 Å². The zero-order valence-electron chi connectivity index (χ0n) is 25.0. The molecule has 2 aromatic carbocycles. The molecule has 0 bridgehead atoms. The lowest BCUT2D eigenvalue weighted by Crippen LogP contribution is -2.41. The molecule has 4 rings (SSSR count). The molecule has 1 aromatic heterocycles. The fourth-order valence-electron chi connectivity index (χ4n) is 4.53. The summed E-state index contributed by atoms with van der Waals surface area (Å²) in [5.74, 6) is -0.549. The molecule has 1 aliphatic rings. The molecule has 1 saturated heterocycles. The zero-order valence-corrected chi connectivity index (χ0v) is 25.8. The van der Waals surface area contributed by atoms with Crippen LogP contribution in [0, 0.1) is 6.92 Å². The predicted molar refractivity (Wildman–Crippen MR) is 164 cm³/mol. The van der Waals surface area contributed by atoms with E-state index in [4.69, 9.17) is 9.47 Å². The van der Waals surface area contributed by atoms with E-state index in [0.29, 0.717) is 55.0 Å². The quantitative estimate of drug-likeness (QED) is 0.272. The van der Waals surface area contributed by atoms with Crippen molar-refractivity contribution in [2.45, 2.75) is 19.6 Å². The molecule has 1 unspecified atom stereocenters. The monoisotopic (exact) mass is 635 g/mol. The van der Waals surface area contributed by atoms with Gasteiger partial charge in [0.25, 0.3) is 5.91 Å². The molecule has 15 heteroatoms. The maximum absolute atomic E-state index is 13.9. The number of hydrogen-bond acceptors (Lipinski definition) is 9. The van der Waals surface area contributed by atoms with Crippen LogP contribution in [0.25, 0.3) is 0 Å². The van der Waals surface area contributed by atoms with E-state index in [1.807, 2.05) is 19.1 Å². The molecule has 0 spiro atoms. The highest BCUT2D eigenvalue weighted by Gasteiger charge is 2.35. The van der Waals surface area contributed by atoms with Crippen LogP contribution in [0.2, 0.25) is 0 Å². The number of carbonyl (C=O) groups is 1. The second-order valence-electron chi connectivity index (χ2n) is 10.1. The van der Waals surface area contributed by atoms with Gasteiger partial charge in [0, 0.05) is 57.8 Å². The van der Waals surface area contributed by atoms with Gasteiger partial charge in [0.1, 0.15) is 28.1 Å². The lowest BCUT2D eigenvalue weighted by Gasteiger charge is -2.26. The van der Waals surface area contributed by atoms with E-state index in [-0.39, 0.29) is 24.1 Å². The molecule has 0 aliphatic carbocycles. The smallest absolute Gasteiger partial charge is 0.421 e. The summed E-state index contributed by atoms with van der Waals surface area (Å²) in [7, 11) is 1.73. The number of amides is 1. The number of carbonyl (C=O) groups excluding carboxylic acids is 1. The minimum absolute atomic E-state index is 0.0185. The van der Waals surface area contributed by atoms with Gasteiger partial charge >= 0.3 is 6.18 Å². The number of anilines is 4. The first-order valence-electron chi connectivity index (χ1n) is 13.8. The number of rotatable bonds is 12. The van der Waals surface area contributed by atoms with Crippen molar-refractivity contribution in [3.63, 3.8) is 0 Å². The highest BCUT2D eigenvalue weighted by Crippen LogP contribution is 2.35. The Morgan fingerprint density at radius 1 is 1.18 bits per heavy atom. The van der Waals surface area contributed by atoms with Gasteiger partial charge < -0.3 is 25.4 Å². The molecule has 1 amide bonds. The van der Waals surface area contributed by atoms with E-state index in [1.165, 1.54) is 19.4 Å². The molecular formula is C29H36F3N7O4S. The van der Waals surface area contributed by atoms with Crippen LogP contribution < -0.4 is 25.0 Å². The van der Waals surface area contributed by atoms with E-state index in [2.05, 4.69) is 30.8 Å². The largest absolute Gasteiger partial charge is 0.495 e. The minimum atomic E-state index is -4.72. The van der Waals surface area contributed by atoms with E-state index in [9.17, 15) is 22.2 Å². The first-order chi connectivity index (χ1) is 21.0. The van der Waals surface area contributed by atoms with Crippen LogP contribution in [-0.2, 0) is 28.4 Å². The third kappa shape index (κ3) is 8.57. The molecule has 44 heavy (non-hydrogen) atoms. The van der Waals surface area contributed by atoms with Crippen LogP contribution >= 0.6 is 0 Å². The van der Waals surface area contributed by atoms with Gasteiger partial charge in [-0.1, -0.05) is 12.1 Å². The summed E-state index contributed by atoms with van der Waals surface area (Å²) < 4.78 is 66.1.